The molecule has 1 aromatic carbocycles. The molecule has 0 aliphatic heterocycles. The molecule has 0 amide bonds. The summed E-state index contributed by atoms with van der Waals surface area (Å²) < 4.78 is 5.66. The number of benzene rings is 1. The Morgan fingerprint density at radius 2 is 2.12 bits per heavy atom. The molecule has 16 heavy (non-hydrogen) atoms. The van der Waals surface area contributed by atoms with Crippen LogP contribution >= 0.6 is 0 Å². The van der Waals surface area contributed by atoms with Gasteiger partial charge in [-0.2, -0.15) is 0 Å². The Bertz CT molecular complexity index is 348. The van der Waals surface area contributed by atoms with Gasteiger partial charge in [0, 0.05) is 5.56 Å². The van der Waals surface area contributed by atoms with Gasteiger partial charge >= 0.3 is 0 Å². The van der Waals surface area contributed by atoms with Gasteiger partial charge in [0.2, 0.25) is 0 Å². The van der Waals surface area contributed by atoms with Crippen molar-refractivity contribution in [1.29, 1.82) is 0 Å². The number of rotatable bonds is 5. The molecule has 1 N–H and O–H groups in total. The molecule has 1 aliphatic carbocycles. The Balaban J connectivity index is 2.12. The number of hydrogen-bond donors (Lipinski definition) is 1. The topological polar surface area (TPSA) is 29.5 Å². The van der Waals surface area contributed by atoms with Crippen LogP contribution < -0.4 is 4.74 Å². The summed E-state index contributed by atoms with van der Waals surface area (Å²) in [6.45, 7) is 4.98. The summed E-state index contributed by atoms with van der Waals surface area (Å²) >= 11 is 0. The van der Waals surface area contributed by atoms with Crippen molar-refractivity contribution in [3.63, 3.8) is 0 Å². The van der Waals surface area contributed by atoms with Crippen LogP contribution in [-0.2, 0) is 0 Å². The standard InChI is InChI=1S/C14H20O2/c1-3-8-16-13-7-5-4-6-11(13)14(15)12-9-10(12)2/h4-7,10,12,14-15H,3,8-9H2,1-2H3. The lowest BCUT2D eigenvalue weighted by Gasteiger charge is -2.15. The smallest absolute Gasteiger partial charge is 0.125 e. The fourth-order valence-corrected chi connectivity index (χ4v) is 2.09. The minimum absolute atomic E-state index is 0.358. The third-order valence-corrected chi connectivity index (χ3v) is 3.28. The van der Waals surface area contributed by atoms with Crippen molar-refractivity contribution >= 4 is 0 Å². The number of hydrogen-bond acceptors (Lipinski definition) is 2. The van der Waals surface area contributed by atoms with Crippen LogP contribution in [0.4, 0.5) is 0 Å². The Hall–Kier alpha value is -1.02. The van der Waals surface area contributed by atoms with Gasteiger partial charge in [-0.15, -0.1) is 0 Å². The van der Waals surface area contributed by atoms with Gasteiger partial charge < -0.3 is 9.84 Å². The van der Waals surface area contributed by atoms with Gasteiger partial charge in [0.1, 0.15) is 5.75 Å². The zero-order chi connectivity index (χ0) is 11.5. The third kappa shape index (κ3) is 2.38. The largest absolute Gasteiger partial charge is 0.493 e. The van der Waals surface area contributed by atoms with Crippen LogP contribution in [0.15, 0.2) is 24.3 Å². The van der Waals surface area contributed by atoms with Gasteiger partial charge in [-0.05, 0) is 30.7 Å². The quantitative estimate of drug-likeness (QED) is 0.826. The SMILES string of the molecule is CCCOc1ccccc1C(O)C1CC1C. The average Bonchev–Trinajstić information content (AvgIpc) is 3.03. The van der Waals surface area contributed by atoms with Crippen molar-refractivity contribution in [2.24, 2.45) is 11.8 Å². The number of para-hydroxylation sites is 1. The molecule has 2 nitrogen and oxygen atoms in total. The van der Waals surface area contributed by atoms with E-state index in [1.807, 2.05) is 24.3 Å². The second-order valence-corrected chi connectivity index (χ2v) is 4.71. The zero-order valence-corrected chi connectivity index (χ0v) is 10.0. The van der Waals surface area contributed by atoms with Gasteiger partial charge in [0.25, 0.3) is 0 Å². The van der Waals surface area contributed by atoms with Gasteiger partial charge in [-0.25, -0.2) is 0 Å². The molecule has 0 spiro atoms. The van der Waals surface area contributed by atoms with E-state index in [0.717, 1.165) is 24.2 Å². The molecule has 3 unspecified atom stereocenters. The fraction of sp³-hybridized carbons (Fsp3) is 0.571. The molecule has 0 bridgehead atoms. The first-order valence-corrected chi connectivity index (χ1v) is 6.13. The van der Waals surface area contributed by atoms with E-state index >= 15 is 0 Å². The van der Waals surface area contributed by atoms with Crippen LogP contribution in [0.25, 0.3) is 0 Å². The lowest BCUT2D eigenvalue weighted by atomic mass is 10.0. The molecule has 2 rings (SSSR count). The summed E-state index contributed by atoms with van der Waals surface area (Å²) in [6.07, 6.45) is 1.76. The van der Waals surface area contributed by atoms with Crippen LogP contribution in [0, 0.1) is 11.8 Å². The van der Waals surface area contributed by atoms with Crippen LogP contribution in [0.3, 0.4) is 0 Å². The first kappa shape index (κ1) is 11.5. The van der Waals surface area contributed by atoms with Gasteiger partial charge in [-0.3, -0.25) is 0 Å². The fourth-order valence-electron chi connectivity index (χ4n) is 2.09. The minimum Gasteiger partial charge on any atom is -0.493 e. The highest BCUT2D eigenvalue weighted by Crippen LogP contribution is 2.48. The molecule has 0 radical (unpaired) electrons. The molecule has 0 heterocycles. The van der Waals surface area contributed by atoms with Crippen molar-refractivity contribution < 1.29 is 9.84 Å². The van der Waals surface area contributed by atoms with Gasteiger partial charge in [-0.1, -0.05) is 32.0 Å². The second-order valence-electron chi connectivity index (χ2n) is 4.71. The molecule has 0 saturated heterocycles. The Morgan fingerprint density at radius 1 is 1.44 bits per heavy atom. The van der Waals surface area contributed by atoms with Crippen molar-refractivity contribution in [3.05, 3.63) is 29.8 Å². The number of aliphatic hydroxyl groups excluding tert-OH is 1. The van der Waals surface area contributed by atoms with E-state index < -0.39 is 0 Å². The van der Waals surface area contributed by atoms with Crippen LogP contribution in [0.1, 0.15) is 38.4 Å². The molecule has 3 atom stereocenters. The lowest BCUT2D eigenvalue weighted by molar-refractivity contribution is 0.143. The Morgan fingerprint density at radius 3 is 2.75 bits per heavy atom. The molecule has 88 valence electrons. The number of aliphatic hydroxyl groups is 1. The monoisotopic (exact) mass is 220 g/mol. The van der Waals surface area contributed by atoms with Crippen molar-refractivity contribution in [3.8, 4) is 5.75 Å². The van der Waals surface area contributed by atoms with Crippen molar-refractivity contribution in [2.75, 3.05) is 6.61 Å². The highest BCUT2D eigenvalue weighted by Gasteiger charge is 2.40. The Labute approximate surface area is 97.3 Å². The summed E-state index contributed by atoms with van der Waals surface area (Å²) in [5.41, 5.74) is 0.949. The van der Waals surface area contributed by atoms with Gasteiger partial charge in [0.05, 0.1) is 12.7 Å². The first-order chi connectivity index (χ1) is 7.74. The summed E-state index contributed by atoms with van der Waals surface area (Å²) in [5, 5.41) is 10.2. The van der Waals surface area contributed by atoms with E-state index in [2.05, 4.69) is 13.8 Å². The van der Waals surface area contributed by atoms with E-state index in [9.17, 15) is 5.11 Å². The predicted octanol–water partition coefficient (Wildman–Crippen LogP) is 3.16. The highest BCUT2D eigenvalue weighted by molar-refractivity contribution is 5.36. The first-order valence-electron chi connectivity index (χ1n) is 6.13. The molecule has 0 aromatic heterocycles. The molecule has 1 aromatic rings. The van der Waals surface area contributed by atoms with E-state index in [0.29, 0.717) is 18.4 Å². The average molecular weight is 220 g/mol. The second kappa shape index (κ2) is 4.88. The molecule has 1 fully saturated rings. The summed E-state index contributed by atoms with van der Waals surface area (Å²) in [6, 6.07) is 7.84. The molecular weight excluding hydrogens is 200 g/mol. The van der Waals surface area contributed by atoms with Crippen molar-refractivity contribution in [2.45, 2.75) is 32.8 Å². The summed E-state index contributed by atoms with van der Waals surface area (Å²) in [5.74, 6) is 1.91. The van der Waals surface area contributed by atoms with E-state index in [1.165, 1.54) is 0 Å². The van der Waals surface area contributed by atoms with Gasteiger partial charge in [0.15, 0.2) is 0 Å². The number of ether oxygens (including phenoxy) is 1. The predicted molar refractivity (Wildman–Crippen MR) is 64.5 cm³/mol. The summed E-state index contributed by atoms with van der Waals surface area (Å²) in [7, 11) is 0. The third-order valence-electron chi connectivity index (χ3n) is 3.28. The van der Waals surface area contributed by atoms with E-state index in [-0.39, 0.29) is 6.10 Å². The maximum atomic E-state index is 10.2. The maximum Gasteiger partial charge on any atom is 0.125 e. The molecular formula is C14H20O2. The van der Waals surface area contributed by atoms with Crippen LogP contribution in [0.5, 0.6) is 5.75 Å². The summed E-state index contributed by atoms with van der Waals surface area (Å²) in [4.78, 5) is 0. The zero-order valence-electron chi connectivity index (χ0n) is 10.0. The molecule has 2 heteroatoms. The highest BCUT2D eigenvalue weighted by atomic mass is 16.5. The van der Waals surface area contributed by atoms with Crippen molar-refractivity contribution in [1.82, 2.24) is 0 Å². The normalized spacial score (nSPS) is 25.2. The Kier molecular flexibility index (Phi) is 3.49. The van der Waals surface area contributed by atoms with Crippen LogP contribution in [0.2, 0.25) is 0 Å². The minimum atomic E-state index is -0.358. The maximum absolute atomic E-state index is 10.2. The van der Waals surface area contributed by atoms with E-state index in [4.69, 9.17) is 4.74 Å². The van der Waals surface area contributed by atoms with E-state index in [1.54, 1.807) is 0 Å². The van der Waals surface area contributed by atoms with Crippen LogP contribution in [-0.4, -0.2) is 11.7 Å². The lowest BCUT2D eigenvalue weighted by Crippen LogP contribution is -2.05. The molecule has 1 saturated carbocycles. The molecule has 1 aliphatic rings.